The molecule has 2 aromatic carbocycles. The molecule has 1 amide bonds. The first kappa shape index (κ1) is 25.5. The summed E-state index contributed by atoms with van der Waals surface area (Å²) in [5.41, 5.74) is -0.827. The quantitative estimate of drug-likeness (QED) is 0.555. The van der Waals surface area contributed by atoms with E-state index in [4.69, 9.17) is 4.74 Å². The smallest absolute Gasteiger partial charge is 0.243 e. The van der Waals surface area contributed by atoms with Crippen LogP contribution in [0.5, 0.6) is 5.75 Å². The van der Waals surface area contributed by atoms with Crippen molar-refractivity contribution in [1.82, 2.24) is 9.21 Å². The molecule has 1 atom stereocenters. The van der Waals surface area contributed by atoms with E-state index in [0.29, 0.717) is 37.7 Å². The number of nitrogens with zero attached hydrogens (tertiary/aromatic N) is 2. The average Bonchev–Trinajstić information content (AvgIpc) is 2.86. The minimum Gasteiger partial charge on any atom is -0.493 e. The molecule has 0 bridgehead atoms. The van der Waals surface area contributed by atoms with E-state index in [0.717, 1.165) is 31.4 Å². The third kappa shape index (κ3) is 5.98. The van der Waals surface area contributed by atoms with Crippen LogP contribution >= 0.6 is 0 Å². The maximum atomic E-state index is 13.8. The van der Waals surface area contributed by atoms with Crippen LogP contribution in [0, 0.1) is 22.9 Å². The van der Waals surface area contributed by atoms with Crippen molar-refractivity contribution in [3.8, 4) is 5.75 Å². The van der Waals surface area contributed by atoms with Gasteiger partial charge in [-0.3, -0.25) is 4.79 Å². The van der Waals surface area contributed by atoms with Crippen LogP contribution in [0.2, 0.25) is 0 Å². The van der Waals surface area contributed by atoms with Crippen molar-refractivity contribution in [3.63, 3.8) is 0 Å². The molecule has 2 aliphatic rings. The van der Waals surface area contributed by atoms with E-state index in [9.17, 15) is 26.4 Å². The van der Waals surface area contributed by atoms with Crippen LogP contribution in [0.3, 0.4) is 0 Å². The molecular weight excluding hydrogens is 481 g/mol. The number of rotatable bonds is 7. The van der Waals surface area contributed by atoms with Gasteiger partial charge >= 0.3 is 0 Å². The molecule has 2 fully saturated rings. The predicted octanol–water partition coefficient (Wildman–Crippen LogP) is 4.36. The van der Waals surface area contributed by atoms with Crippen LogP contribution in [-0.4, -0.2) is 56.3 Å². The molecule has 10 heteroatoms. The maximum absolute atomic E-state index is 13.8. The van der Waals surface area contributed by atoms with Crippen LogP contribution < -0.4 is 4.74 Å². The summed E-state index contributed by atoms with van der Waals surface area (Å²) < 4.78 is 74.2. The van der Waals surface area contributed by atoms with Gasteiger partial charge in [0, 0.05) is 38.0 Å². The molecule has 6 nitrogen and oxygen atoms in total. The van der Waals surface area contributed by atoms with Gasteiger partial charge in [0.25, 0.3) is 0 Å². The standard InChI is InChI=1S/C25H29F3N2O4S/c26-19-5-7-20(8-6-19)34-18-25(16-24(31)29-12-2-1-3-13-29)11-4-14-30(17-25)35(32,33)21-9-10-22(27)23(28)15-21/h5-10,15H,1-4,11-14,16-18H2/t25-/m0/s1. The van der Waals surface area contributed by atoms with Gasteiger partial charge in [0.2, 0.25) is 15.9 Å². The zero-order valence-electron chi connectivity index (χ0n) is 19.4. The second-order valence-electron chi connectivity index (χ2n) is 9.38. The fourth-order valence-corrected chi connectivity index (χ4v) is 6.41. The first-order chi connectivity index (χ1) is 16.7. The number of carbonyl (C=O) groups excluding carboxylic acids is 1. The molecule has 190 valence electrons. The SMILES string of the molecule is O=C(C[C@@]1(COc2ccc(F)cc2)CCCN(S(=O)(=O)c2ccc(F)c(F)c2)C1)N1CCCCC1. The van der Waals surface area contributed by atoms with Crippen molar-refractivity contribution in [3.05, 3.63) is 59.9 Å². The van der Waals surface area contributed by atoms with E-state index in [2.05, 4.69) is 0 Å². The van der Waals surface area contributed by atoms with Crippen molar-refractivity contribution in [2.24, 2.45) is 5.41 Å². The second kappa shape index (κ2) is 10.6. The summed E-state index contributed by atoms with van der Waals surface area (Å²) in [6.07, 6.45) is 4.06. The first-order valence-corrected chi connectivity index (χ1v) is 13.2. The third-order valence-corrected chi connectivity index (χ3v) is 8.59. The average molecular weight is 511 g/mol. The van der Waals surface area contributed by atoms with Gasteiger partial charge < -0.3 is 9.64 Å². The molecule has 2 aromatic rings. The molecule has 35 heavy (non-hydrogen) atoms. The highest BCUT2D eigenvalue weighted by atomic mass is 32.2. The van der Waals surface area contributed by atoms with E-state index >= 15 is 0 Å². The van der Waals surface area contributed by atoms with Gasteiger partial charge in [0.1, 0.15) is 11.6 Å². The number of amides is 1. The molecule has 2 heterocycles. The molecule has 0 spiro atoms. The van der Waals surface area contributed by atoms with Crippen molar-refractivity contribution in [2.45, 2.75) is 43.4 Å². The minimum absolute atomic E-state index is 0.00486. The Morgan fingerprint density at radius 1 is 0.914 bits per heavy atom. The number of halogens is 3. The number of carbonyl (C=O) groups is 1. The second-order valence-corrected chi connectivity index (χ2v) is 11.3. The summed E-state index contributed by atoms with van der Waals surface area (Å²) in [7, 11) is -4.12. The van der Waals surface area contributed by atoms with Crippen LogP contribution in [0.4, 0.5) is 13.2 Å². The highest BCUT2D eigenvalue weighted by Crippen LogP contribution is 2.38. The van der Waals surface area contributed by atoms with Crippen molar-refractivity contribution >= 4 is 15.9 Å². The van der Waals surface area contributed by atoms with Gasteiger partial charge in [-0.2, -0.15) is 4.31 Å². The number of likely N-dealkylation sites (tertiary alicyclic amines) is 1. The lowest BCUT2D eigenvalue weighted by molar-refractivity contribution is -0.136. The molecule has 0 saturated carbocycles. The van der Waals surface area contributed by atoms with E-state index in [1.807, 2.05) is 4.90 Å². The Hall–Kier alpha value is -2.59. The molecule has 0 radical (unpaired) electrons. The normalized spacial score (nSPS) is 21.6. The molecule has 0 unspecified atom stereocenters. The molecule has 0 N–H and O–H groups in total. The Balaban J connectivity index is 1.58. The Bertz CT molecular complexity index is 1150. The van der Waals surface area contributed by atoms with Crippen LogP contribution in [0.25, 0.3) is 0 Å². The van der Waals surface area contributed by atoms with Gasteiger partial charge in [0.05, 0.1) is 11.5 Å². The number of hydrogen-bond acceptors (Lipinski definition) is 4. The van der Waals surface area contributed by atoms with Gasteiger partial charge in [-0.25, -0.2) is 21.6 Å². The van der Waals surface area contributed by atoms with Gasteiger partial charge in [-0.15, -0.1) is 0 Å². The minimum atomic E-state index is -4.12. The van der Waals surface area contributed by atoms with E-state index in [-0.39, 0.29) is 36.9 Å². The van der Waals surface area contributed by atoms with E-state index in [1.54, 1.807) is 0 Å². The van der Waals surface area contributed by atoms with Gasteiger partial charge in [-0.1, -0.05) is 0 Å². The van der Waals surface area contributed by atoms with Crippen LogP contribution in [-0.2, 0) is 14.8 Å². The van der Waals surface area contributed by atoms with Crippen LogP contribution in [0.15, 0.2) is 47.4 Å². The summed E-state index contributed by atoms with van der Waals surface area (Å²) in [5.74, 6) is -2.42. The Morgan fingerprint density at radius 3 is 2.31 bits per heavy atom. The number of ether oxygens (including phenoxy) is 1. The molecule has 2 saturated heterocycles. The Labute approximate surface area is 203 Å². The maximum Gasteiger partial charge on any atom is 0.243 e. The molecule has 2 aliphatic heterocycles. The summed E-state index contributed by atoms with van der Waals surface area (Å²) in [6.45, 7) is 1.59. The zero-order chi connectivity index (χ0) is 25.1. The number of sulfonamides is 1. The Kier molecular flexibility index (Phi) is 7.70. The summed E-state index contributed by atoms with van der Waals surface area (Å²) in [6, 6.07) is 8.00. The lowest BCUT2D eigenvalue weighted by Gasteiger charge is -2.42. The Morgan fingerprint density at radius 2 is 1.63 bits per heavy atom. The van der Waals surface area contributed by atoms with Crippen molar-refractivity contribution in [2.75, 3.05) is 32.8 Å². The largest absolute Gasteiger partial charge is 0.493 e. The topological polar surface area (TPSA) is 66.9 Å². The molecule has 0 aromatic heterocycles. The summed E-state index contributed by atoms with van der Waals surface area (Å²) in [5, 5.41) is 0. The van der Waals surface area contributed by atoms with Crippen molar-refractivity contribution < 1.29 is 31.1 Å². The lowest BCUT2D eigenvalue weighted by Crippen LogP contribution is -2.51. The monoisotopic (exact) mass is 510 g/mol. The lowest BCUT2D eigenvalue weighted by atomic mass is 9.78. The predicted molar refractivity (Wildman–Crippen MR) is 124 cm³/mol. The number of benzene rings is 2. The zero-order valence-corrected chi connectivity index (χ0v) is 20.2. The van der Waals surface area contributed by atoms with Crippen molar-refractivity contribution in [1.29, 1.82) is 0 Å². The highest BCUT2D eigenvalue weighted by Gasteiger charge is 2.43. The fraction of sp³-hybridized carbons (Fsp3) is 0.480. The van der Waals surface area contributed by atoms with E-state index < -0.39 is 32.9 Å². The summed E-state index contributed by atoms with van der Waals surface area (Å²) >= 11 is 0. The van der Waals surface area contributed by atoms with Crippen LogP contribution in [0.1, 0.15) is 38.5 Å². The molecule has 0 aliphatic carbocycles. The first-order valence-electron chi connectivity index (χ1n) is 11.8. The fourth-order valence-electron chi connectivity index (χ4n) is 4.81. The number of hydrogen-bond donors (Lipinski definition) is 0. The number of piperidine rings is 2. The molecule has 4 rings (SSSR count). The van der Waals surface area contributed by atoms with E-state index in [1.165, 1.54) is 28.6 Å². The highest BCUT2D eigenvalue weighted by molar-refractivity contribution is 7.89. The summed E-state index contributed by atoms with van der Waals surface area (Å²) in [4.78, 5) is 14.7. The third-order valence-electron chi connectivity index (χ3n) is 6.75. The van der Waals surface area contributed by atoms with Gasteiger partial charge in [0.15, 0.2) is 11.6 Å². The molecular formula is C25H29F3N2O4S. The van der Waals surface area contributed by atoms with Gasteiger partial charge in [-0.05, 0) is 74.6 Å².